The van der Waals surface area contributed by atoms with Crippen LogP contribution in [-0.4, -0.2) is 30.4 Å². The molecule has 0 saturated heterocycles. The summed E-state index contributed by atoms with van der Waals surface area (Å²) in [4.78, 5) is 26.6. The van der Waals surface area contributed by atoms with E-state index in [2.05, 4.69) is 5.32 Å². The molecule has 1 N–H and O–H groups in total. The molecule has 2 aromatic carbocycles. The Morgan fingerprint density at radius 2 is 1.93 bits per heavy atom. The van der Waals surface area contributed by atoms with Crippen LogP contribution in [0.4, 0.5) is 14.5 Å². The van der Waals surface area contributed by atoms with E-state index < -0.39 is 23.5 Å². The lowest BCUT2D eigenvalue weighted by Crippen LogP contribution is -2.33. The number of ether oxygens (including phenoxy) is 1. The number of amides is 2. The van der Waals surface area contributed by atoms with Gasteiger partial charge in [0, 0.05) is 42.9 Å². The van der Waals surface area contributed by atoms with E-state index in [0.717, 1.165) is 0 Å². The highest BCUT2D eigenvalue weighted by Crippen LogP contribution is 2.34. The smallest absolute Gasteiger partial charge is 0.253 e. The van der Waals surface area contributed by atoms with Gasteiger partial charge < -0.3 is 15.0 Å². The zero-order chi connectivity index (χ0) is 21.1. The average Bonchev–Trinajstić information content (AvgIpc) is 2.68. The van der Waals surface area contributed by atoms with E-state index in [0.29, 0.717) is 22.4 Å². The van der Waals surface area contributed by atoms with Crippen LogP contribution in [0.5, 0.6) is 5.75 Å². The summed E-state index contributed by atoms with van der Waals surface area (Å²) in [5, 5.41) is 2.79. The maximum Gasteiger partial charge on any atom is 0.253 e. The maximum absolute atomic E-state index is 14.0. The Morgan fingerprint density at radius 1 is 1.24 bits per heavy atom. The van der Waals surface area contributed by atoms with E-state index in [4.69, 9.17) is 4.74 Å². The van der Waals surface area contributed by atoms with E-state index in [-0.39, 0.29) is 24.7 Å². The van der Waals surface area contributed by atoms with Crippen LogP contribution in [0.25, 0.3) is 0 Å². The monoisotopic (exact) mass is 400 g/mol. The highest BCUT2D eigenvalue weighted by Gasteiger charge is 2.31. The predicted molar refractivity (Wildman–Crippen MR) is 106 cm³/mol. The lowest BCUT2D eigenvalue weighted by atomic mass is 9.85. The number of halogens is 2. The van der Waals surface area contributed by atoms with Gasteiger partial charge in [0.05, 0.1) is 6.61 Å². The second-order valence-corrected chi connectivity index (χ2v) is 6.88. The van der Waals surface area contributed by atoms with Crippen LogP contribution >= 0.6 is 0 Å². The molecule has 152 valence electrons. The summed E-state index contributed by atoms with van der Waals surface area (Å²) in [6.07, 6.45) is 1.57. The van der Waals surface area contributed by atoms with Gasteiger partial charge >= 0.3 is 0 Å². The molecule has 0 spiro atoms. The summed E-state index contributed by atoms with van der Waals surface area (Å²) in [5.41, 5.74) is 1.98. The van der Waals surface area contributed by atoms with Crippen LogP contribution in [-0.2, 0) is 9.59 Å². The fourth-order valence-corrected chi connectivity index (χ4v) is 3.26. The third-order valence-electron chi connectivity index (χ3n) is 4.84. The highest BCUT2D eigenvalue weighted by molar-refractivity contribution is 6.06. The first-order chi connectivity index (χ1) is 13.8. The largest absolute Gasteiger partial charge is 0.491 e. The molecule has 1 unspecified atom stereocenters. The number of benzene rings is 2. The number of nitrogens with one attached hydrogen (secondary N) is 1. The SMILES string of the molecule is CCOc1cc(NC(=O)C2=CN(C)C(=O)CC2c2ccc(F)cc2)c(C)cc1F. The molecule has 2 amide bonds. The fourth-order valence-electron chi connectivity index (χ4n) is 3.26. The minimum Gasteiger partial charge on any atom is -0.491 e. The van der Waals surface area contributed by atoms with Crippen LogP contribution in [0.1, 0.15) is 30.4 Å². The summed E-state index contributed by atoms with van der Waals surface area (Å²) in [6, 6.07) is 8.46. The Kier molecular flexibility index (Phi) is 5.96. The molecule has 0 saturated carbocycles. The second-order valence-electron chi connectivity index (χ2n) is 6.88. The molecule has 1 aliphatic rings. The van der Waals surface area contributed by atoms with Gasteiger partial charge in [-0.2, -0.15) is 0 Å². The molecule has 0 fully saturated rings. The lowest BCUT2D eigenvalue weighted by Gasteiger charge is -2.28. The van der Waals surface area contributed by atoms with Crippen molar-refractivity contribution in [1.29, 1.82) is 0 Å². The highest BCUT2D eigenvalue weighted by atomic mass is 19.1. The van der Waals surface area contributed by atoms with Crippen molar-refractivity contribution < 1.29 is 23.1 Å². The minimum atomic E-state index is -0.508. The Morgan fingerprint density at radius 3 is 2.59 bits per heavy atom. The average molecular weight is 400 g/mol. The molecular weight excluding hydrogens is 378 g/mol. The van der Waals surface area contributed by atoms with Gasteiger partial charge in [0.25, 0.3) is 5.91 Å². The lowest BCUT2D eigenvalue weighted by molar-refractivity contribution is -0.128. The summed E-state index contributed by atoms with van der Waals surface area (Å²) in [7, 11) is 1.58. The van der Waals surface area contributed by atoms with Gasteiger partial charge in [-0.15, -0.1) is 0 Å². The first kappa shape index (κ1) is 20.5. The normalized spacial score (nSPS) is 16.4. The van der Waals surface area contributed by atoms with Gasteiger partial charge in [-0.1, -0.05) is 12.1 Å². The maximum atomic E-state index is 14.0. The Labute approximate surface area is 168 Å². The number of rotatable bonds is 5. The van der Waals surface area contributed by atoms with Gasteiger partial charge in [-0.3, -0.25) is 9.59 Å². The molecule has 0 bridgehead atoms. The number of carbonyl (C=O) groups excluding carboxylic acids is 2. The number of aryl methyl sites for hydroxylation is 1. The first-order valence-electron chi connectivity index (χ1n) is 9.27. The zero-order valence-electron chi connectivity index (χ0n) is 16.5. The Balaban J connectivity index is 1.93. The number of anilines is 1. The molecule has 0 radical (unpaired) electrons. The van der Waals surface area contributed by atoms with Crippen molar-refractivity contribution in [2.45, 2.75) is 26.2 Å². The van der Waals surface area contributed by atoms with Crippen molar-refractivity contribution in [3.63, 3.8) is 0 Å². The van der Waals surface area contributed by atoms with E-state index in [1.807, 2.05) is 0 Å². The van der Waals surface area contributed by atoms with E-state index >= 15 is 0 Å². The molecule has 0 aliphatic carbocycles. The molecule has 1 atom stereocenters. The van der Waals surface area contributed by atoms with Crippen LogP contribution in [0, 0.1) is 18.6 Å². The Bertz CT molecular complexity index is 971. The molecule has 0 aromatic heterocycles. The number of nitrogens with zero attached hydrogens (tertiary/aromatic N) is 1. The quantitative estimate of drug-likeness (QED) is 0.821. The molecule has 3 rings (SSSR count). The van der Waals surface area contributed by atoms with Gasteiger partial charge in [0.1, 0.15) is 5.82 Å². The van der Waals surface area contributed by atoms with Crippen LogP contribution in [0.3, 0.4) is 0 Å². The van der Waals surface area contributed by atoms with Crippen molar-refractivity contribution >= 4 is 17.5 Å². The van der Waals surface area contributed by atoms with Crippen LogP contribution in [0.2, 0.25) is 0 Å². The standard InChI is InChI=1S/C22H22F2N2O3/c1-4-29-20-11-19(13(2)9-18(20)24)25-22(28)17-12-26(3)21(27)10-16(17)14-5-7-15(23)8-6-14/h5-9,11-12,16H,4,10H2,1-3H3,(H,25,28). The first-order valence-corrected chi connectivity index (χ1v) is 9.27. The number of carbonyl (C=O) groups is 2. The zero-order valence-corrected chi connectivity index (χ0v) is 16.5. The van der Waals surface area contributed by atoms with E-state index in [1.54, 1.807) is 33.0 Å². The summed E-state index contributed by atoms with van der Waals surface area (Å²) < 4.78 is 32.6. The van der Waals surface area contributed by atoms with Crippen molar-refractivity contribution in [3.05, 3.63) is 70.9 Å². The van der Waals surface area contributed by atoms with Crippen molar-refractivity contribution in [1.82, 2.24) is 4.90 Å². The van der Waals surface area contributed by atoms with Crippen molar-refractivity contribution in [3.8, 4) is 5.75 Å². The van der Waals surface area contributed by atoms with Gasteiger partial charge in [-0.25, -0.2) is 8.78 Å². The number of hydrogen-bond acceptors (Lipinski definition) is 3. The van der Waals surface area contributed by atoms with Crippen molar-refractivity contribution in [2.24, 2.45) is 0 Å². The third-order valence-corrected chi connectivity index (χ3v) is 4.84. The molecule has 1 aliphatic heterocycles. The third kappa shape index (κ3) is 4.45. The van der Waals surface area contributed by atoms with Gasteiger partial charge in [0.15, 0.2) is 11.6 Å². The minimum absolute atomic E-state index is 0.0494. The second kappa shape index (κ2) is 8.43. The van der Waals surface area contributed by atoms with Gasteiger partial charge in [0.2, 0.25) is 5.91 Å². The fraction of sp³-hybridized carbons (Fsp3) is 0.273. The Hall–Kier alpha value is -3.22. The van der Waals surface area contributed by atoms with E-state index in [1.165, 1.54) is 35.4 Å². The number of hydrogen-bond donors (Lipinski definition) is 1. The van der Waals surface area contributed by atoms with Crippen LogP contribution < -0.4 is 10.1 Å². The summed E-state index contributed by atoms with van der Waals surface area (Å²) in [6.45, 7) is 3.71. The summed E-state index contributed by atoms with van der Waals surface area (Å²) in [5.74, 6) is -1.93. The summed E-state index contributed by atoms with van der Waals surface area (Å²) >= 11 is 0. The molecule has 2 aromatic rings. The van der Waals surface area contributed by atoms with Crippen LogP contribution in [0.15, 0.2) is 48.2 Å². The van der Waals surface area contributed by atoms with Crippen molar-refractivity contribution in [2.75, 3.05) is 19.0 Å². The predicted octanol–water partition coefficient (Wildman–Crippen LogP) is 4.14. The van der Waals surface area contributed by atoms with E-state index in [9.17, 15) is 18.4 Å². The molecular formula is C22H22F2N2O3. The topological polar surface area (TPSA) is 58.6 Å². The molecule has 7 heteroatoms. The molecule has 5 nitrogen and oxygen atoms in total. The van der Waals surface area contributed by atoms with Gasteiger partial charge in [-0.05, 0) is 43.2 Å². The molecule has 29 heavy (non-hydrogen) atoms. The molecule has 1 heterocycles.